The number of carbonyl (C=O) groups is 1. The smallest absolute Gasteiger partial charge is 0.339 e. The van der Waals surface area contributed by atoms with Crippen LogP contribution in [0.2, 0.25) is 0 Å². The fraction of sp³-hybridized carbons (Fsp3) is 0.0526. The molecule has 1 aromatic heterocycles. The molecule has 8 heteroatoms. The Hall–Kier alpha value is -3.39. The molecular formula is C19H16N2O5S. The van der Waals surface area contributed by atoms with E-state index in [1.165, 1.54) is 24.3 Å². The van der Waals surface area contributed by atoms with Crippen LogP contribution in [0.1, 0.15) is 0 Å². The summed E-state index contributed by atoms with van der Waals surface area (Å²) < 4.78 is 35.4. The summed E-state index contributed by atoms with van der Waals surface area (Å²) in [6, 6.07) is 17.3. The number of aromatic nitrogens is 1. The summed E-state index contributed by atoms with van der Waals surface area (Å²) in [5.74, 6) is -0.262. The molecule has 7 nitrogen and oxygen atoms in total. The molecule has 1 N–H and O–H groups in total. The zero-order valence-corrected chi connectivity index (χ0v) is 14.9. The number of nitrogens with one attached hydrogen (secondary N) is 1. The highest BCUT2D eigenvalue weighted by Gasteiger charge is 2.19. The van der Waals surface area contributed by atoms with E-state index >= 15 is 0 Å². The van der Waals surface area contributed by atoms with Gasteiger partial charge in [-0.05, 0) is 36.4 Å². The van der Waals surface area contributed by atoms with Crippen LogP contribution in [0.5, 0.6) is 11.5 Å². The first-order valence-electron chi connectivity index (χ1n) is 7.96. The number of hydrogen-bond donors (Lipinski definition) is 1. The van der Waals surface area contributed by atoms with Gasteiger partial charge in [-0.25, -0.2) is 0 Å². The minimum atomic E-state index is -4.01. The maximum Gasteiger partial charge on any atom is 0.339 e. The predicted molar refractivity (Wildman–Crippen MR) is 99.1 cm³/mol. The Morgan fingerprint density at radius 1 is 0.889 bits per heavy atom. The molecule has 138 valence electrons. The summed E-state index contributed by atoms with van der Waals surface area (Å²) in [6.07, 6.45) is 3.10. The molecule has 1 amide bonds. The fourth-order valence-electron chi connectivity index (χ4n) is 2.17. The minimum absolute atomic E-state index is 0.00179. The number of ether oxygens (including phenoxy) is 1. The molecule has 0 saturated heterocycles. The number of benzene rings is 2. The molecule has 0 bridgehead atoms. The Balaban J connectivity index is 1.68. The zero-order valence-electron chi connectivity index (χ0n) is 14.1. The summed E-state index contributed by atoms with van der Waals surface area (Å²) in [4.78, 5) is 15.9. The summed E-state index contributed by atoms with van der Waals surface area (Å²) >= 11 is 0. The predicted octanol–water partition coefficient (Wildman–Crippen LogP) is 2.87. The van der Waals surface area contributed by atoms with Crippen molar-refractivity contribution < 1.29 is 22.1 Å². The summed E-state index contributed by atoms with van der Waals surface area (Å²) in [5, 5.41) is 2.64. The first kappa shape index (κ1) is 18.4. The van der Waals surface area contributed by atoms with Crippen LogP contribution in [0.4, 0.5) is 5.69 Å². The molecular weight excluding hydrogens is 368 g/mol. The number of pyridine rings is 1. The SMILES string of the molecule is O=C(COc1ccccc1OS(=O)(=O)c1ccccc1)Nc1ccncc1. The number of para-hydroxylation sites is 2. The number of carbonyl (C=O) groups excluding carboxylic acids is 1. The largest absolute Gasteiger partial charge is 0.480 e. The van der Waals surface area contributed by atoms with Gasteiger partial charge in [0.1, 0.15) is 4.90 Å². The lowest BCUT2D eigenvalue weighted by Gasteiger charge is -2.12. The molecule has 0 unspecified atom stereocenters. The number of nitrogens with zero attached hydrogens (tertiary/aromatic N) is 1. The van der Waals surface area contributed by atoms with Crippen LogP contribution in [0.15, 0.2) is 84.0 Å². The molecule has 0 aliphatic rings. The van der Waals surface area contributed by atoms with Gasteiger partial charge in [0.2, 0.25) is 0 Å². The third-order valence-corrected chi connectivity index (χ3v) is 4.65. The van der Waals surface area contributed by atoms with E-state index in [0.29, 0.717) is 5.69 Å². The van der Waals surface area contributed by atoms with E-state index in [-0.39, 0.29) is 23.0 Å². The van der Waals surface area contributed by atoms with E-state index in [1.807, 2.05) is 0 Å². The highest BCUT2D eigenvalue weighted by Crippen LogP contribution is 2.29. The van der Waals surface area contributed by atoms with Crippen molar-refractivity contribution in [3.8, 4) is 11.5 Å². The van der Waals surface area contributed by atoms with Gasteiger partial charge in [-0.15, -0.1) is 0 Å². The molecule has 27 heavy (non-hydrogen) atoms. The highest BCUT2D eigenvalue weighted by atomic mass is 32.2. The second-order valence-corrected chi connectivity index (χ2v) is 6.92. The van der Waals surface area contributed by atoms with E-state index in [0.717, 1.165) is 0 Å². The Morgan fingerprint density at radius 3 is 2.22 bits per heavy atom. The van der Waals surface area contributed by atoms with E-state index in [9.17, 15) is 13.2 Å². The molecule has 0 fully saturated rings. The maximum atomic E-state index is 12.4. The molecule has 2 aromatic carbocycles. The number of amides is 1. The molecule has 0 aliphatic carbocycles. The average Bonchev–Trinajstić information content (AvgIpc) is 2.68. The lowest BCUT2D eigenvalue weighted by Crippen LogP contribution is -2.20. The molecule has 0 saturated carbocycles. The summed E-state index contributed by atoms with van der Waals surface area (Å²) in [7, 11) is -4.01. The van der Waals surface area contributed by atoms with Gasteiger partial charge in [0.05, 0.1) is 0 Å². The van der Waals surface area contributed by atoms with Crippen molar-refractivity contribution in [2.45, 2.75) is 4.90 Å². The van der Waals surface area contributed by atoms with Crippen LogP contribution in [0.25, 0.3) is 0 Å². The van der Waals surface area contributed by atoms with Crippen LogP contribution in [0.3, 0.4) is 0 Å². The van der Waals surface area contributed by atoms with E-state index < -0.39 is 16.0 Å². The second-order valence-electron chi connectivity index (χ2n) is 5.37. The van der Waals surface area contributed by atoms with E-state index in [4.69, 9.17) is 8.92 Å². The average molecular weight is 384 g/mol. The van der Waals surface area contributed by atoms with Crippen LogP contribution >= 0.6 is 0 Å². The molecule has 0 radical (unpaired) electrons. The number of anilines is 1. The first-order chi connectivity index (χ1) is 13.0. The molecule has 1 heterocycles. The van der Waals surface area contributed by atoms with Gasteiger partial charge in [-0.1, -0.05) is 30.3 Å². The van der Waals surface area contributed by atoms with Gasteiger partial charge < -0.3 is 14.2 Å². The quantitative estimate of drug-likeness (QED) is 0.630. The monoisotopic (exact) mass is 384 g/mol. The maximum absolute atomic E-state index is 12.4. The van der Waals surface area contributed by atoms with Gasteiger partial charge in [0.25, 0.3) is 5.91 Å². The fourth-order valence-corrected chi connectivity index (χ4v) is 3.13. The van der Waals surface area contributed by atoms with Gasteiger partial charge in [0.15, 0.2) is 18.1 Å². The molecule has 3 aromatic rings. The Morgan fingerprint density at radius 2 is 1.52 bits per heavy atom. The Labute approximate surface area is 156 Å². The van der Waals surface area contributed by atoms with Gasteiger partial charge in [0, 0.05) is 18.1 Å². The molecule has 3 rings (SSSR count). The topological polar surface area (TPSA) is 94.6 Å². The van der Waals surface area contributed by atoms with Crippen molar-refractivity contribution in [2.24, 2.45) is 0 Å². The van der Waals surface area contributed by atoms with Crippen molar-refractivity contribution >= 4 is 21.7 Å². The third-order valence-electron chi connectivity index (χ3n) is 3.40. The lowest BCUT2D eigenvalue weighted by atomic mass is 10.3. The van der Waals surface area contributed by atoms with Crippen LogP contribution < -0.4 is 14.2 Å². The van der Waals surface area contributed by atoms with Crippen LogP contribution in [-0.4, -0.2) is 25.9 Å². The second kappa shape index (κ2) is 8.33. The number of hydrogen-bond acceptors (Lipinski definition) is 6. The Kier molecular flexibility index (Phi) is 5.68. The van der Waals surface area contributed by atoms with Gasteiger partial charge in [-0.3, -0.25) is 9.78 Å². The first-order valence-corrected chi connectivity index (χ1v) is 9.37. The zero-order chi connectivity index (χ0) is 19.1. The Bertz CT molecular complexity index is 1010. The highest BCUT2D eigenvalue weighted by molar-refractivity contribution is 7.87. The van der Waals surface area contributed by atoms with Crippen molar-refractivity contribution in [2.75, 3.05) is 11.9 Å². The summed E-state index contributed by atoms with van der Waals surface area (Å²) in [6.45, 7) is -0.311. The third kappa shape index (κ3) is 5.05. The van der Waals surface area contributed by atoms with Gasteiger partial charge >= 0.3 is 10.1 Å². The van der Waals surface area contributed by atoms with Crippen LogP contribution in [-0.2, 0) is 14.9 Å². The molecule has 0 spiro atoms. The van der Waals surface area contributed by atoms with Crippen molar-refractivity contribution in [1.29, 1.82) is 0 Å². The van der Waals surface area contributed by atoms with Crippen molar-refractivity contribution in [1.82, 2.24) is 4.98 Å². The van der Waals surface area contributed by atoms with Crippen LogP contribution in [0, 0.1) is 0 Å². The lowest BCUT2D eigenvalue weighted by molar-refractivity contribution is -0.118. The van der Waals surface area contributed by atoms with Crippen molar-refractivity contribution in [3.63, 3.8) is 0 Å². The van der Waals surface area contributed by atoms with E-state index in [1.54, 1.807) is 54.9 Å². The van der Waals surface area contributed by atoms with E-state index in [2.05, 4.69) is 10.3 Å². The number of rotatable bonds is 7. The van der Waals surface area contributed by atoms with Crippen molar-refractivity contribution in [3.05, 3.63) is 79.1 Å². The minimum Gasteiger partial charge on any atom is -0.480 e. The summed E-state index contributed by atoms with van der Waals surface area (Å²) in [5.41, 5.74) is 0.579. The standard InChI is InChI=1S/C19H16N2O5S/c22-19(21-15-10-12-20-13-11-15)14-25-17-8-4-5-9-18(17)26-27(23,24)16-6-2-1-3-7-16/h1-13H,14H2,(H,20,21,22). The molecule has 0 atom stereocenters. The van der Waals surface area contributed by atoms with Gasteiger partial charge in [-0.2, -0.15) is 8.42 Å². The normalized spacial score (nSPS) is 10.8. The molecule has 0 aliphatic heterocycles.